The van der Waals surface area contributed by atoms with E-state index in [0.717, 1.165) is 21.3 Å². The zero-order chi connectivity index (χ0) is 19.1. The molecule has 0 saturated heterocycles. The second-order valence-electron chi connectivity index (χ2n) is 5.65. The number of halogens is 1. The molecule has 5 nitrogen and oxygen atoms in total. The third-order valence-electron chi connectivity index (χ3n) is 3.61. The number of nitrogens with zero attached hydrogens (tertiary/aromatic N) is 1. The minimum atomic E-state index is -3.66. The fraction of sp³-hybridized carbons (Fsp3) is 0.0500. The Bertz CT molecular complexity index is 1020. The highest BCUT2D eigenvalue weighted by Gasteiger charge is 2.10. The van der Waals surface area contributed by atoms with E-state index in [1.165, 1.54) is 18.3 Å². The van der Waals surface area contributed by atoms with Crippen molar-refractivity contribution in [1.82, 2.24) is 4.83 Å². The van der Waals surface area contributed by atoms with Gasteiger partial charge in [-0.15, -0.1) is 0 Å². The molecule has 0 aromatic heterocycles. The number of sulfonamides is 1. The second-order valence-corrected chi connectivity index (χ2v) is 8.23. The monoisotopic (exact) mass is 444 g/mol. The van der Waals surface area contributed by atoms with Crippen LogP contribution < -0.4 is 9.57 Å². The van der Waals surface area contributed by atoms with Crippen LogP contribution in [0.3, 0.4) is 0 Å². The first-order valence-corrected chi connectivity index (χ1v) is 10.4. The summed E-state index contributed by atoms with van der Waals surface area (Å²) >= 11 is 3.43. The van der Waals surface area contributed by atoms with Crippen LogP contribution in [-0.2, 0) is 16.6 Å². The van der Waals surface area contributed by atoms with Crippen molar-refractivity contribution in [2.45, 2.75) is 11.5 Å². The smallest absolute Gasteiger partial charge is 0.276 e. The summed E-state index contributed by atoms with van der Waals surface area (Å²) in [7, 11) is -3.66. The van der Waals surface area contributed by atoms with E-state index in [-0.39, 0.29) is 4.90 Å². The molecule has 0 unspecified atom stereocenters. The zero-order valence-electron chi connectivity index (χ0n) is 14.2. The van der Waals surface area contributed by atoms with E-state index >= 15 is 0 Å². The van der Waals surface area contributed by atoms with Gasteiger partial charge in [-0.1, -0.05) is 46.3 Å². The molecule has 1 N–H and O–H groups in total. The Morgan fingerprint density at radius 2 is 1.70 bits per heavy atom. The minimum absolute atomic E-state index is 0.165. The van der Waals surface area contributed by atoms with Gasteiger partial charge in [0.05, 0.1) is 11.1 Å². The average molecular weight is 445 g/mol. The van der Waals surface area contributed by atoms with Crippen LogP contribution in [0.1, 0.15) is 11.1 Å². The van der Waals surface area contributed by atoms with Gasteiger partial charge in [-0.2, -0.15) is 13.5 Å². The summed E-state index contributed by atoms with van der Waals surface area (Å²) in [6.07, 6.45) is 1.44. The third-order valence-corrected chi connectivity index (χ3v) is 5.35. The number of nitrogens with one attached hydrogen (secondary N) is 1. The van der Waals surface area contributed by atoms with Crippen LogP contribution in [0.15, 0.2) is 93.3 Å². The summed E-state index contributed by atoms with van der Waals surface area (Å²) in [4.78, 5) is 2.36. The highest BCUT2D eigenvalue weighted by atomic mass is 79.9. The average Bonchev–Trinajstić information content (AvgIpc) is 2.68. The fourth-order valence-corrected chi connectivity index (χ4v) is 3.53. The van der Waals surface area contributed by atoms with Crippen LogP contribution in [0.25, 0.3) is 0 Å². The van der Waals surface area contributed by atoms with Crippen molar-refractivity contribution in [3.63, 3.8) is 0 Å². The Morgan fingerprint density at radius 3 is 2.41 bits per heavy atom. The molecule has 0 saturated carbocycles. The van der Waals surface area contributed by atoms with Crippen molar-refractivity contribution in [2.75, 3.05) is 0 Å². The summed E-state index contributed by atoms with van der Waals surface area (Å²) in [5.41, 5.74) is 1.81. The molecule has 7 heteroatoms. The maximum Gasteiger partial charge on any atom is 0.276 e. The quantitative estimate of drug-likeness (QED) is 0.435. The molecule has 0 heterocycles. The normalized spacial score (nSPS) is 11.4. The molecule has 3 aromatic carbocycles. The lowest BCUT2D eigenvalue weighted by Crippen LogP contribution is -2.18. The molecule has 0 bridgehead atoms. The van der Waals surface area contributed by atoms with E-state index in [2.05, 4.69) is 25.9 Å². The highest BCUT2D eigenvalue weighted by molar-refractivity contribution is 9.10. The first-order valence-electron chi connectivity index (χ1n) is 8.10. The van der Waals surface area contributed by atoms with Crippen LogP contribution in [0.2, 0.25) is 0 Å². The molecule has 3 aromatic rings. The molecule has 0 spiro atoms. The van der Waals surface area contributed by atoms with Crippen LogP contribution in [-0.4, -0.2) is 14.6 Å². The lowest BCUT2D eigenvalue weighted by Gasteiger charge is -2.07. The van der Waals surface area contributed by atoms with Crippen molar-refractivity contribution < 1.29 is 13.2 Å². The highest BCUT2D eigenvalue weighted by Crippen LogP contribution is 2.16. The number of rotatable bonds is 7. The second kappa shape index (κ2) is 8.83. The Morgan fingerprint density at radius 1 is 0.963 bits per heavy atom. The topological polar surface area (TPSA) is 67.8 Å². The van der Waals surface area contributed by atoms with E-state index in [1.54, 1.807) is 30.3 Å². The zero-order valence-corrected chi connectivity index (χ0v) is 16.7. The van der Waals surface area contributed by atoms with Crippen molar-refractivity contribution in [3.05, 3.63) is 94.5 Å². The van der Waals surface area contributed by atoms with Gasteiger partial charge in [0.15, 0.2) is 0 Å². The van der Waals surface area contributed by atoms with Crippen LogP contribution in [0.4, 0.5) is 0 Å². The molecule has 0 aliphatic rings. The number of hydrogen-bond acceptors (Lipinski definition) is 4. The fourth-order valence-electron chi connectivity index (χ4n) is 2.27. The molecule has 0 fully saturated rings. The first kappa shape index (κ1) is 19.1. The third kappa shape index (κ3) is 5.67. The summed E-state index contributed by atoms with van der Waals surface area (Å²) in [5.74, 6) is 0.719. The number of hydrazone groups is 1. The predicted molar refractivity (Wildman–Crippen MR) is 109 cm³/mol. The number of hydrogen-bond donors (Lipinski definition) is 1. The van der Waals surface area contributed by atoms with Crippen molar-refractivity contribution in [1.29, 1.82) is 0 Å². The van der Waals surface area contributed by atoms with Crippen molar-refractivity contribution in [2.24, 2.45) is 5.10 Å². The molecule has 0 amide bonds. The Hall–Kier alpha value is -2.64. The Balaban J connectivity index is 1.56. The van der Waals surface area contributed by atoms with E-state index < -0.39 is 10.0 Å². The Labute approximate surface area is 166 Å². The largest absolute Gasteiger partial charge is 0.489 e. The minimum Gasteiger partial charge on any atom is -0.489 e. The van der Waals surface area contributed by atoms with Gasteiger partial charge in [0.25, 0.3) is 10.0 Å². The van der Waals surface area contributed by atoms with Crippen LogP contribution in [0, 0.1) is 0 Å². The summed E-state index contributed by atoms with van der Waals surface area (Å²) in [5, 5.41) is 3.81. The van der Waals surface area contributed by atoms with Gasteiger partial charge in [0.1, 0.15) is 12.4 Å². The molecular formula is C20H17BrN2O3S. The maximum absolute atomic E-state index is 12.1. The lowest BCUT2D eigenvalue weighted by molar-refractivity contribution is 0.306. The molecule has 138 valence electrons. The predicted octanol–water partition coefficient (Wildman–Crippen LogP) is 4.34. The van der Waals surface area contributed by atoms with Crippen LogP contribution in [0.5, 0.6) is 5.75 Å². The SMILES string of the molecule is O=S(=O)(N/N=C\c1ccc(OCc2cccc(Br)c2)cc1)c1ccccc1. The van der Waals surface area contributed by atoms with Gasteiger partial charge in [-0.05, 0) is 59.7 Å². The summed E-state index contributed by atoms with van der Waals surface area (Å²) in [6, 6.07) is 23.2. The molecule has 0 atom stereocenters. The Kier molecular flexibility index (Phi) is 6.26. The molecule has 0 aliphatic heterocycles. The standard InChI is InChI=1S/C20H17BrN2O3S/c21-18-6-4-5-17(13-18)15-26-19-11-9-16(10-12-19)14-22-23-27(24,25)20-7-2-1-3-8-20/h1-14,23H,15H2/b22-14-. The maximum atomic E-state index is 12.1. The van der Waals surface area contributed by atoms with Gasteiger partial charge in [-0.25, -0.2) is 4.83 Å². The van der Waals surface area contributed by atoms with Gasteiger partial charge in [0, 0.05) is 4.47 Å². The van der Waals surface area contributed by atoms with E-state index in [1.807, 2.05) is 36.4 Å². The summed E-state index contributed by atoms with van der Waals surface area (Å²) in [6.45, 7) is 0.462. The molecule has 27 heavy (non-hydrogen) atoms. The lowest BCUT2D eigenvalue weighted by atomic mass is 10.2. The van der Waals surface area contributed by atoms with E-state index in [0.29, 0.717) is 6.61 Å². The summed E-state index contributed by atoms with van der Waals surface area (Å²) < 4.78 is 30.9. The van der Waals surface area contributed by atoms with Gasteiger partial charge in [0.2, 0.25) is 0 Å². The molecule has 0 aliphatic carbocycles. The van der Waals surface area contributed by atoms with Gasteiger partial charge in [-0.3, -0.25) is 0 Å². The van der Waals surface area contributed by atoms with Crippen LogP contribution >= 0.6 is 15.9 Å². The van der Waals surface area contributed by atoms with E-state index in [4.69, 9.17) is 4.74 Å². The van der Waals surface area contributed by atoms with Gasteiger partial charge < -0.3 is 4.74 Å². The molecule has 0 radical (unpaired) electrons. The number of benzene rings is 3. The molecule has 3 rings (SSSR count). The van der Waals surface area contributed by atoms with Gasteiger partial charge >= 0.3 is 0 Å². The van der Waals surface area contributed by atoms with Crippen molar-refractivity contribution in [3.8, 4) is 5.75 Å². The number of ether oxygens (including phenoxy) is 1. The first-order chi connectivity index (χ1) is 13.0. The molecular weight excluding hydrogens is 428 g/mol. The van der Waals surface area contributed by atoms with Crippen molar-refractivity contribution >= 4 is 32.2 Å². The van der Waals surface area contributed by atoms with E-state index in [9.17, 15) is 8.42 Å².